The maximum atomic E-state index is 8.68. The summed E-state index contributed by atoms with van der Waals surface area (Å²) in [5.41, 5.74) is 0.471. The zero-order chi connectivity index (χ0) is 10.2. The molecule has 2 bridgehead atoms. The summed E-state index contributed by atoms with van der Waals surface area (Å²) in [5.74, 6) is 2.55. The molecule has 3 atom stereocenters. The van der Waals surface area contributed by atoms with E-state index < -0.39 is 0 Å². The Hall–Kier alpha value is -0.0800. The zero-order valence-corrected chi connectivity index (χ0v) is 9.33. The molecule has 82 valence electrons. The molecule has 2 heteroatoms. The van der Waals surface area contributed by atoms with E-state index >= 15 is 0 Å². The number of fused-ring (bicyclic) bond motifs is 2. The highest BCUT2D eigenvalue weighted by Gasteiger charge is 2.52. The molecule has 0 aromatic heterocycles. The summed E-state index contributed by atoms with van der Waals surface area (Å²) in [7, 11) is 0. The Kier molecular flexibility index (Phi) is 2.85. The van der Waals surface area contributed by atoms with E-state index in [-0.39, 0.29) is 6.61 Å². The minimum atomic E-state index is 0.154. The van der Waals surface area contributed by atoms with E-state index in [0.717, 1.165) is 24.4 Å². The van der Waals surface area contributed by atoms with Gasteiger partial charge in [0.25, 0.3) is 0 Å². The van der Waals surface area contributed by atoms with Crippen LogP contribution in [-0.4, -0.2) is 24.9 Å². The number of aliphatic hydroxyl groups is 1. The summed E-state index contributed by atoms with van der Waals surface area (Å²) < 4.78 is 5.50. The Morgan fingerprint density at radius 3 is 2.71 bits per heavy atom. The SMILES string of the molecule is CC1(C)C2CCC(C2)C1COCCO. The van der Waals surface area contributed by atoms with Gasteiger partial charge in [-0.05, 0) is 42.4 Å². The highest BCUT2D eigenvalue weighted by Crippen LogP contribution is 2.59. The normalized spacial score (nSPS) is 39.2. The lowest BCUT2D eigenvalue weighted by atomic mass is 9.69. The lowest BCUT2D eigenvalue weighted by Gasteiger charge is -2.38. The van der Waals surface area contributed by atoms with Gasteiger partial charge < -0.3 is 9.84 Å². The molecule has 3 unspecified atom stereocenters. The Balaban J connectivity index is 1.91. The smallest absolute Gasteiger partial charge is 0.0697 e. The summed E-state index contributed by atoms with van der Waals surface area (Å²) in [6.45, 7) is 6.30. The number of rotatable bonds is 4. The van der Waals surface area contributed by atoms with E-state index in [1.165, 1.54) is 19.3 Å². The summed E-state index contributed by atoms with van der Waals surface area (Å²) in [6.07, 6.45) is 4.25. The van der Waals surface area contributed by atoms with Crippen LogP contribution < -0.4 is 0 Å². The maximum Gasteiger partial charge on any atom is 0.0697 e. The Morgan fingerprint density at radius 2 is 2.14 bits per heavy atom. The number of hydrogen-bond acceptors (Lipinski definition) is 2. The molecule has 2 nitrogen and oxygen atoms in total. The van der Waals surface area contributed by atoms with Crippen molar-refractivity contribution in [1.82, 2.24) is 0 Å². The van der Waals surface area contributed by atoms with E-state index in [2.05, 4.69) is 13.8 Å². The second-order valence-corrected chi connectivity index (χ2v) is 5.50. The van der Waals surface area contributed by atoms with Crippen molar-refractivity contribution in [3.63, 3.8) is 0 Å². The molecule has 0 heterocycles. The fraction of sp³-hybridized carbons (Fsp3) is 1.00. The average molecular weight is 198 g/mol. The van der Waals surface area contributed by atoms with Crippen molar-refractivity contribution in [2.24, 2.45) is 23.2 Å². The first-order valence-electron chi connectivity index (χ1n) is 5.85. The molecule has 1 N–H and O–H groups in total. The zero-order valence-electron chi connectivity index (χ0n) is 9.33. The third-order valence-corrected chi connectivity index (χ3v) is 4.58. The molecule has 14 heavy (non-hydrogen) atoms. The van der Waals surface area contributed by atoms with Crippen molar-refractivity contribution in [2.45, 2.75) is 33.1 Å². The lowest BCUT2D eigenvalue weighted by molar-refractivity contribution is 0.00551. The lowest BCUT2D eigenvalue weighted by Crippen LogP contribution is -2.34. The maximum absolute atomic E-state index is 8.68. The molecule has 2 aliphatic carbocycles. The fourth-order valence-corrected chi connectivity index (χ4v) is 3.59. The van der Waals surface area contributed by atoms with Crippen molar-refractivity contribution in [3.05, 3.63) is 0 Å². The monoisotopic (exact) mass is 198 g/mol. The number of ether oxygens (including phenoxy) is 1. The van der Waals surface area contributed by atoms with Gasteiger partial charge >= 0.3 is 0 Å². The van der Waals surface area contributed by atoms with Gasteiger partial charge in [-0.15, -0.1) is 0 Å². The van der Waals surface area contributed by atoms with Crippen LogP contribution in [0, 0.1) is 23.2 Å². The largest absolute Gasteiger partial charge is 0.394 e. The summed E-state index contributed by atoms with van der Waals surface area (Å²) in [4.78, 5) is 0. The van der Waals surface area contributed by atoms with E-state index in [0.29, 0.717) is 12.0 Å². The fourth-order valence-electron chi connectivity index (χ4n) is 3.59. The molecule has 2 rings (SSSR count). The van der Waals surface area contributed by atoms with Crippen LogP contribution >= 0.6 is 0 Å². The van der Waals surface area contributed by atoms with Crippen molar-refractivity contribution < 1.29 is 9.84 Å². The molecule has 0 aliphatic heterocycles. The van der Waals surface area contributed by atoms with Gasteiger partial charge in [-0.3, -0.25) is 0 Å². The highest BCUT2D eigenvalue weighted by atomic mass is 16.5. The minimum Gasteiger partial charge on any atom is -0.394 e. The van der Waals surface area contributed by atoms with Gasteiger partial charge in [-0.1, -0.05) is 13.8 Å². The van der Waals surface area contributed by atoms with Crippen molar-refractivity contribution in [3.8, 4) is 0 Å². The van der Waals surface area contributed by atoms with Gasteiger partial charge in [0, 0.05) is 0 Å². The topological polar surface area (TPSA) is 29.5 Å². The van der Waals surface area contributed by atoms with Crippen LogP contribution in [0.25, 0.3) is 0 Å². The number of aliphatic hydroxyl groups excluding tert-OH is 1. The predicted molar refractivity (Wildman–Crippen MR) is 56.0 cm³/mol. The van der Waals surface area contributed by atoms with E-state index in [9.17, 15) is 0 Å². The second-order valence-electron chi connectivity index (χ2n) is 5.50. The standard InChI is InChI=1S/C12H22O2/c1-12(2)10-4-3-9(7-10)11(12)8-14-6-5-13/h9-11,13H,3-8H2,1-2H3. The first-order chi connectivity index (χ1) is 6.66. The van der Waals surface area contributed by atoms with Crippen LogP contribution in [-0.2, 0) is 4.74 Å². The van der Waals surface area contributed by atoms with Crippen LogP contribution in [0.15, 0.2) is 0 Å². The number of hydrogen-bond donors (Lipinski definition) is 1. The minimum absolute atomic E-state index is 0.154. The summed E-state index contributed by atoms with van der Waals surface area (Å²) in [5, 5.41) is 8.68. The molecule has 2 saturated carbocycles. The Bertz CT molecular complexity index is 200. The van der Waals surface area contributed by atoms with Crippen molar-refractivity contribution in [1.29, 1.82) is 0 Å². The van der Waals surface area contributed by atoms with E-state index in [4.69, 9.17) is 9.84 Å². The Morgan fingerprint density at radius 1 is 1.36 bits per heavy atom. The molecule has 0 spiro atoms. The molecule has 0 aromatic carbocycles. The molecule has 0 radical (unpaired) electrons. The molecule has 2 fully saturated rings. The van der Waals surface area contributed by atoms with Gasteiger partial charge in [0.05, 0.1) is 19.8 Å². The molecular formula is C12H22O2. The molecule has 0 saturated heterocycles. The third-order valence-electron chi connectivity index (χ3n) is 4.58. The van der Waals surface area contributed by atoms with E-state index in [1.54, 1.807) is 0 Å². The highest BCUT2D eigenvalue weighted by molar-refractivity contribution is 5.01. The molecule has 2 aliphatic rings. The van der Waals surface area contributed by atoms with E-state index in [1.807, 2.05) is 0 Å². The first-order valence-corrected chi connectivity index (χ1v) is 5.85. The molecule has 0 aromatic rings. The average Bonchev–Trinajstić information content (AvgIpc) is 2.67. The first kappa shape index (κ1) is 10.4. The van der Waals surface area contributed by atoms with Gasteiger partial charge in [0.1, 0.15) is 0 Å². The van der Waals surface area contributed by atoms with Crippen molar-refractivity contribution in [2.75, 3.05) is 19.8 Å². The third kappa shape index (κ3) is 1.59. The van der Waals surface area contributed by atoms with Crippen LogP contribution in [0.1, 0.15) is 33.1 Å². The van der Waals surface area contributed by atoms with Gasteiger partial charge in [-0.25, -0.2) is 0 Å². The summed E-state index contributed by atoms with van der Waals surface area (Å²) >= 11 is 0. The van der Waals surface area contributed by atoms with Gasteiger partial charge in [-0.2, -0.15) is 0 Å². The van der Waals surface area contributed by atoms with Crippen LogP contribution in [0.2, 0.25) is 0 Å². The van der Waals surface area contributed by atoms with Crippen LogP contribution in [0.4, 0.5) is 0 Å². The second kappa shape index (κ2) is 3.82. The van der Waals surface area contributed by atoms with Gasteiger partial charge in [0.15, 0.2) is 0 Å². The van der Waals surface area contributed by atoms with Gasteiger partial charge in [0.2, 0.25) is 0 Å². The quantitative estimate of drug-likeness (QED) is 0.701. The molecular weight excluding hydrogens is 176 g/mol. The predicted octanol–water partition coefficient (Wildman–Crippen LogP) is 2.07. The Labute approximate surface area is 86.6 Å². The molecule has 0 amide bonds. The van der Waals surface area contributed by atoms with Crippen molar-refractivity contribution >= 4 is 0 Å². The van der Waals surface area contributed by atoms with Crippen LogP contribution in [0.5, 0.6) is 0 Å². The van der Waals surface area contributed by atoms with Crippen LogP contribution in [0.3, 0.4) is 0 Å². The summed E-state index contributed by atoms with van der Waals surface area (Å²) in [6, 6.07) is 0.